The highest BCUT2D eigenvalue weighted by molar-refractivity contribution is 5.86. The van der Waals surface area contributed by atoms with Gasteiger partial charge in [0.1, 0.15) is 0 Å². The Bertz CT molecular complexity index is 618. The fraction of sp³-hybridized carbons (Fsp3) is 0.444. The molecule has 4 rings (SSSR count). The third-order valence-electron chi connectivity index (χ3n) is 4.86. The van der Waals surface area contributed by atoms with Gasteiger partial charge in [0.2, 0.25) is 0 Å². The maximum Gasteiger partial charge on any atom is 0.0733 e. The zero-order valence-electron chi connectivity index (χ0n) is 11.9. The topological polar surface area (TPSA) is 21.3 Å². The molecule has 2 heteroatoms. The molecule has 2 heterocycles. The van der Waals surface area contributed by atoms with Gasteiger partial charge in [-0.3, -0.25) is 0 Å². The lowest BCUT2D eigenvalue weighted by Gasteiger charge is -2.25. The molecule has 104 valence electrons. The molecule has 0 saturated carbocycles. The van der Waals surface area contributed by atoms with Crippen molar-refractivity contribution >= 4 is 10.8 Å². The Morgan fingerprint density at radius 1 is 1.10 bits per heavy atom. The van der Waals surface area contributed by atoms with Crippen molar-refractivity contribution < 1.29 is 4.74 Å². The Morgan fingerprint density at radius 2 is 1.95 bits per heavy atom. The molecule has 4 unspecified atom stereocenters. The molecular formula is C18H21NO. The van der Waals surface area contributed by atoms with Crippen LogP contribution in [0, 0.1) is 0 Å². The second-order valence-corrected chi connectivity index (χ2v) is 6.17. The van der Waals surface area contributed by atoms with Crippen molar-refractivity contribution in [3.63, 3.8) is 0 Å². The molecule has 2 saturated heterocycles. The summed E-state index contributed by atoms with van der Waals surface area (Å²) in [6.45, 7) is 2.27. The highest BCUT2D eigenvalue weighted by atomic mass is 16.5. The first-order valence-electron chi connectivity index (χ1n) is 7.70. The van der Waals surface area contributed by atoms with E-state index < -0.39 is 0 Å². The molecule has 0 spiro atoms. The largest absolute Gasteiger partial charge is 0.373 e. The van der Waals surface area contributed by atoms with Crippen molar-refractivity contribution in [2.24, 2.45) is 0 Å². The van der Waals surface area contributed by atoms with E-state index in [0.29, 0.717) is 24.3 Å². The van der Waals surface area contributed by atoms with Gasteiger partial charge in [0.25, 0.3) is 0 Å². The minimum Gasteiger partial charge on any atom is -0.373 e. The van der Waals surface area contributed by atoms with Crippen LogP contribution in [0.1, 0.15) is 37.8 Å². The summed E-state index contributed by atoms with van der Waals surface area (Å²) in [5, 5.41) is 6.48. The molecule has 0 aliphatic carbocycles. The Labute approximate surface area is 120 Å². The third kappa shape index (κ3) is 2.04. The van der Waals surface area contributed by atoms with E-state index in [1.165, 1.54) is 35.6 Å². The Morgan fingerprint density at radius 3 is 2.75 bits per heavy atom. The smallest absolute Gasteiger partial charge is 0.0733 e. The Balaban J connectivity index is 1.59. The molecule has 2 fully saturated rings. The van der Waals surface area contributed by atoms with Gasteiger partial charge in [-0.25, -0.2) is 0 Å². The van der Waals surface area contributed by atoms with Crippen LogP contribution < -0.4 is 5.32 Å². The fourth-order valence-corrected chi connectivity index (χ4v) is 3.85. The van der Waals surface area contributed by atoms with Crippen LogP contribution in [0.3, 0.4) is 0 Å². The molecule has 2 aromatic rings. The van der Waals surface area contributed by atoms with E-state index in [9.17, 15) is 0 Å². The van der Waals surface area contributed by atoms with Crippen LogP contribution in [0.2, 0.25) is 0 Å². The second kappa shape index (κ2) is 4.87. The lowest BCUT2D eigenvalue weighted by Crippen LogP contribution is -2.39. The van der Waals surface area contributed by atoms with Crippen molar-refractivity contribution in [2.75, 3.05) is 0 Å². The SMILES string of the molecule is CC(NC1CC2CCC1O2)c1cccc2ccccc12. The summed E-state index contributed by atoms with van der Waals surface area (Å²) in [7, 11) is 0. The predicted octanol–water partition coefficient (Wildman–Crippen LogP) is 3.81. The van der Waals surface area contributed by atoms with Gasteiger partial charge in [-0.2, -0.15) is 0 Å². The Hall–Kier alpha value is -1.38. The first-order chi connectivity index (χ1) is 9.81. The van der Waals surface area contributed by atoms with Gasteiger partial charge in [0.05, 0.1) is 12.2 Å². The highest BCUT2D eigenvalue weighted by Crippen LogP contribution is 2.36. The van der Waals surface area contributed by atoms with Gasteiger partial charge < -0.3 is 10.1 Å². The third-order valence-corrected chi connectivity index (χ3v) is 4.86. The first-order valence-corrected chi connectivity index (χ1v) is 7.70. The average Bonchev–Trinajstić information content (AvgIpc) is 3.09. The summed E-state index contributed by atoms with van der Waals surface area (Å²) < 4.78 is 5.95. The lowest BCUT2D eigenvalue weighted by atomic mass is 9.93. The zero-order valence-corrected chi connectivity index (χ0v) is 11.9. The van der Waals surface area contributed by atoms with E-state index in [-0.39, 0.29) is 0 Å². The number of nitrogens with one attached hydrogen (secondary N) is 1. The van der Waals surface area contributed by atoms with E-state index in [1.807, 2.05) is 0 Å². The summed E-state index contributed by atoms with van der Waals surface area (Å²) in [4.78, 5) is 0. The van der Waals surface area contributed by atoms with Gasteiger partial charge in [0.15, 0.2) is 0 Å². The first kappa shape index (κ1) is 12.4. The van der Waals surface area contributed by atoms with Crippen LogP contribution in [0.5, 0.6) is 0 Å². The summed E-state index contributed by atoms with van der Waals surface area (Å²) in [5.74, 6) is 0. The van der Waals surface area contributed by atoms with E-state index in [4.69, 9.17) is 4.74 Å². The molecule has 2 nitrogen and oxygen atoms in total. The zero-order chi connectivity index (χ0) is 13.5. The number of ether oxygens (including phenoxy) is 1. The van der Waals surface area contributed by atoms with Crippen molar-refractivity contribution in [3.8, 4) is 0 Å². The van der Waals surface area contributed by atoms with E-state index in [0.717, 1.165) is 0 Å². The van der Waals surface area contributed by atoms with Crippen LogP contribution in [0.15, 0.2) is 42.5 Å². The summed E-state index contributed by atoms with van der Waals surface area (Å²) in [6, 6.07) is 16.1. The number of benzene rings is 2. The van der Waals surface area contributed by atoms with Gasteiger partial charge in [-0.15, -0.1) is 0 Å². The summed E-state index contributed by atoms with van der Waals surface area (Å²) in [5.41, 5.74) is 1.39. The molecule has 2 aliphatic rings. The minimum atomic E-state index is 0.369. The van der Waals surface area contributed by atoms with E-state index in [1.54, 1.807) is 0 Å². The van der Waals surface area contributed by atoms with Crippen molar-refractivity contribution in [1.29, 1.82) is 0 Å². The standard InChI is InChI=1S/C18H21NO/c1-12(19-17-11-14-9-10-18(17)20-14)15-8-4-6-13-5-2-3-7-16(13)15/h2-8,12,14,17-19H,9-11H2,1H3. The van der Waals surface area contributed by atoms with Crippen molar-refractivity contribution in [1.82, 2.24) is 5.32 Å². The van der Waals surface area contributed by atoms with E-state index in [2.05, 4.69) is 54.7 Å². The molecule has 1 N–H and O–H groups in total. The maximum atomic E-state index is 5.95. The minimum absolute atomic E-state index is 0.369. The lowest BCUT2D eigenvalue weighted by molar-refractivity contribution is 0.0963. The molecule has 4 atom stereocenters. The highest BCUT2D eigenvalue weighted by Gasteiger charge is 2.41. The molecule has 2 bridgehead atoms. The number of hydrogen-bond donors (Lipinski definition) is 1. The van der Waals surface area contributed by atoms with Crippen LogP contribution >= 0.6 is 0 Å². The second-order valence-electron chi connectivity index (χ2n) is 6.17. The number of fused-ring (bicyclic) bond motifs is 3. The quantitative estimate of drug-likeness (QED) is 0.913. The molecule has 2 aliphatic heterocycles. The van der Waals surface area contributed by atoms with Crippen LogP contribution in [-0.2, 0) is 4.74 Å². The fourth-order valence-electron chi connectivity index (χ4n) is 3.85. The molecule has 0 aromatic heterocycles. The molecule has 20 heavy (non-hydrogen) atoms. The number of rotatable bonds is 3. The molecule has 0 amide bonds. The Kier molecular flexibility index (Phi) is 3.01. The molecule has 0 radical (unpaired) electrons. The summed E-state index contributed by atoms with van der Waals surface area (Å²) in [6.07, 6.45) is 4.62. The predicted molar refractivity (Wildman–Crippen MR) is 81.8 cm³/mol. The van der Waals surface area contributed by atoms with Gasteiger partial charge in [-0.05, 0) is 42.5 Å². The van der Waals surface area contributed by atoms with E-state index >= 15 is 0 Å². The van der Waals surface area contributed by atoms with Gasteiger partial charge in [0, 0.05) is 12.1 Å². The van der Waals surface area contributed by atoms with Gasteiger partial charge in [-0.1, -0.05) is 42.5 Å². The molecule has 2 aromatic carbocycles. The van der Waals surface area contributed by atoms with Crippen LogP contribution in [0.4, 0.5) is 0 Å². The molecular weight excluding hydrogens is 246 g/mol. The normalized spacial score (nSPS) is 29.9. The maximum absolute atomic E-state index is 5.95. The summed E-state index contributed by atoms with van der Waals surface area (Å²) >= 11 is 0. The van der Waals surface area contributed by atoms with Crippen LogP contribution in [-0.4, -0.2) is 18.2 Å². The van der Waals surface area contributed by atoms with Gasteiger partial charge >= 0.3 is 0 Å². The number of hydrogen-bond acceptors (Lipinski definition) is 2. The van der Waals surface area contributed by atoms with Crippen LogP contribution in [0.25, 0.3) is 10.8 Å². The monoisotopic (exact) mass is 267 g/mol. The average molecular weight is 267 g/mol. The van der Waals surface area contributed by atoms with Crippen molar-refractivity contribution in [2.45, 2.75) is 50.5 Å². The van der Waals surface area contributed by atoms with Crippen molar-refractivity contribution in [3.05, 3.63) is 48.0 Å².